The highest BCUT2D eigenvalue weighted by molar-refractivity contribution is 6.30. The van der Waals surface area contributed by atoms with Gasteiger partial charge in [-0.3, -0.25) is 4.79 Å². The van der Waals surface area contributed by atoms with E-state index in [4.69, 9.17) is 11.6 Å². The maximum Gasteiger partial charge on any atom is 0.170 e. The van der Waals surface area contributed by atoms with Crippen molar-refractivity contribution < 1.29 is 4.79 Å². The Bertz CT molecular complexity index is 753. The molecule has 0 atom stereocenters. The van der Waals surface area contributed by atoms with Gasteiger partial charge in [0.2, 0.25) is 0 Å². The van der Waals surface area contributed by atoms with E-state index in [1.165, 1.54) is 0 Å². The van der Waals surface area contributed by atoms with Crippen molar-refractivity contribution in [1.29, 1.82) is 0 Å². The summed E-state index contributed by atoms with van der Waals surface area (Å²) < 4.78 is 1.56. The summed E-state index contributed by atoms with van der Waals surface area (Å²) in [7, 11) is 0. The van der Waals surface area contributed by atoms with Gasteiger partial charge in [-0.15, -0.1) is 5.10 Å². The first kappa shape index (κ1) is 13.5. The smallest absolute Gasteiger partial charge is 0.170 e. The molecule has 0 spiro atoms. The molecule has 0 bridgehead atoms. The largest absolute Gasteiger partial charge is 0.294 e. The van der Waals surface area contributed by atoms with Gasteiger partial charge in [0.15, 0.2) is 11.6 Å². The first-order valence-corrected chi connectivity index (χ1v) is 6.73. The van der Waals surface area contributed by atoms with Gasteiger partial charge < -0.3 is 0 Å². The lowest BCUT2D eigenvalue weighted by molar-refractivity contribution is 0.0990. The van der Waals surface area contributed by atoms with Crippen molar-refractivity contribution >= 4 is 17.4 Å². The summed E-state index contributed by atoms with van der Waals surface area (Å²) in [6.45, 7) is 0. The molecule has 0 aliphatic rings. The lowest BCUT2D eigenvalue weighted by Gasteiger charge is -2.04. The van der Waals surface area contributed by atoms with Gasteiger partial charge in [0.05, 0.1) is 12.1 Å². The number of hydrogen-bond acceptors (Lipinski definition) is 4. The number of rotatable bonds is 4. The van der Waals surface area contributed by atoms with E-state index in [-0.39, 0.29) is 12.2 Å². The molecule has 0 fully saturated rings. The summed E-state index contributed by atoms with van der Waals surface area (Å²) in [6.07, 6.45) is 0.128. The van der Waals surface area contributed by atoms with Crippen LogP contribution in [0.4, 0.5) is 0 Å². The normalized spacial score (nSPS) is 10.5. The van der Waals surface area contributed by atoms with E-state index in [2.05, 4.69) is 15.5 Å². The van der Waals surface area contributed by atoms with Gasteiger partial charge in [-0.2, -0.15) is 4.68 Å². The molecule has 104 valence electrons. The number of carbonyl (C=O) groups excluding carboxylic acids is 1. The van der Waals surface area contributed by atoms with Gasteiger partial charge in [0.25, 0.3) is 0 Å². The second kappa shape index (κ2) is 5.85. The van der Waals surface area contributed by atoms with Gasteiger partial charge in [0.1, 0.15) is 0 Å². The van der Waals surface area contributed by atoms with Crippen molar-refractivity contribution in [3.05, 3.63) is 71.0 Å². The third-order valence-corrected chi connectivity index (χ3v) is 3.27. The van der Waals surface area contributed by atoms with E-state index in [9.17, 15) is 4.79 Å². The average Bonchev–Trinajstić information content (AvgIpc) is 2.97. The Kier molecular flexibility index (Phi) is 3.75. The van der Waals surface area contributed by atoms with Crippen molar-refractivity contribution in [3.8, 4) is 5.69 Å². The molecule has 0 radical (unpaired) electrons. The highest BCUT2D eigenvalue weighted by Crippen LogP contribution is 2.13. The van der Waals surface area contributed by atoms with Crippen molar-refractivity contribution in [2.75, 3.05) is 0 Å². The Hall–Kier alpha value is -2.53. The first-order chi connectivity index (χ1) is 10.2. The molecule has 3 rings (SSSR count). The molecular formula is C15H11ClN4O. The number of aromatic nitrogens is 4. The van der Waals surface area contributed by atoms with E-state index in [1.807, 2.05) is 30.3 Å². The van der Waals surface area contributed by atoms with Crippen LogP contribution < -0.4 is 0 Å². The van der Waals surface area contributed by atoms with Gasteiger partial charge in [0, 0.05) is 10.6 Å². The molecule has 0 aliphatic heterocycles. The molecule has 0 saturated heterocycles. The van der Waals surface area contributed by atoms with Crippen LogP contribution >= 0.6 is 11.6 Å². The number of para-hydroxylation sites is 1. The monoisotopic (exact) mass is 298 g/mol. The van der Waals surface area contributed by atoms with Crippen LogP contribution in [-0.4, -0.2) is 26.0 Å². The molecule has 6 heteroatoms. The molecule has 0 N–H and O–H groups in total. The number of tetrazole rings is 1. The SMILES string of the molecule is O=C(Cc1nnnn1-c1ccccc1)c1ccc(Cl)cc1. The van der Waals surface area contributed by atoms with E-state index in [0.717, 1.165) is 5.69 Å². The average molecular weight is 299 g/mol. The van der Waals surface area contributed by atoms with Gasteiger partial charge in [-0.1, -0.05) is 29.8 Å². The van der Waals surface area contributed by atoms with Crippen molar-refractivity contribution in [2.24, 2.45) is 0 Å². The zero-order valence-corrected chi connectivity index (χ0v) is 11.7. The molecule has 3 aromatic rings. The Morgan fingerprint density at radius 2 is 1.76 bits per heavy atom. The number of ketones is 1. The maximum atomic E-state index is 12.3. The zero-order valence-electron chi connectivity index (χ0n) is 11.0. The molecule has 1 heterocycles. The fourth-order valence-corrected chi connectivity index (χ4v) is 2.09. The summed E-state index contributed by atoms with van der Waals surface area (Å²) in [5.41, 5.74) is 1.41. The molecular weight excluding hydrogens is 288 g/mol. The van der Waals surface area contributed by atoms with Gasteiger partial charge >= 0.3 is 0 Å². The third-order valence-electron chi connectivity index (χ3n) is 3.02. The molecule has 2 aromatic carbocycles. The topological polar surface area (TPSA) is 60.7 Å². The first-order valence-electron chi connectivity index (χ1n) is 6.35. The Balaban J connectivity index is 1.85. The highest BCUT2D eigenvalue weighted by atomic mass is 35.5. The number of benzene rings is 2. The lowest BCUT2D eigenvalue weighted by Crippen LogP contribution is -2.10. The predicted molar refractivity (Wildman–Crippen MR) is 78.6 cm³/mol. The van der Waals surface area contributed by atoms with E-state index < -0.39 is 0 Å². The summed E-state index contributed by atoms with van der Waals surface area (Å²) >= 11 is 5.82. The van der Waals surface area contributed by atoms with Crippen LogP contribution in [0.2, 0.25) is 5.02 Å². The zero-order chi connectivity index (χ0) is 14.7. The molecule has 0 aliphatic carbocycles. The highest BCUT2D eigenvalue weighted by Gasteiger charge is 2.14. The lowest BCUT2D eigenvalue weighted by atomic mass is 10.1. The minimum absolute atomic E-state index is 0.0568. The quantitative estimate of drug-likeness (QED) is 0.695. The van der Waals surface area contributed by atoms with Crippen LogP contribution in [0.25, 0.3) is 5.69 Å². The van der Waals surface area contributed by atoms with Crippen LogP contribution in [0.15, 0.2) is 54.6 Å². The maximum absolute atomic E-state index is 12.3. The number of hydrogen-bond donors (Lipinski definition) is 0. The number of Topliss-reactive ketones (excluding diaryl/α,β-unsaturated/α-hetero) is 1. The molecule has 0 unspecified atom stereocenters. The molecule has 21 heavy (non-hydrogen) atoms. The van der Waals surface area contributed by atoms with E-state index >= 15 is 0 Å². The fraction of sp³-hybridized carbons (Fsp3) is 0.0667. The van der Waals surface area contributed by atoms with E-state index in [0.29, 0.717) is 16.4 Å². The van der Waals surface area contributed by atoms with Crippen LogP contribution in [0.5, 0.6) is 0 Å². The third kappa shape index (κ3) is 2.98. The summed E-state index contributed by atoms with van der Waals surface area (Å²) in [5, 5.41) is 12.1. The van der Waals surface area contributed by atoms with Crippen molar-refractivity contribution in [2.45, 2.75) is 6.42 Å². The van der Waals surface area contributed by atoms with Gasteiger partial charge in [-0.05, 0) is 46.8 Å². The van der Waals surface area contributed by atoms with Crippen LogP contribution in [0.3, 0.4) is 0 Å². The second-order valence-corrected chi connectivity index (χ2v) is 4.89. The van der Waals surface area contributed by atoms with Crippen LogP contribution in [-0.2, 0) is 6.42 Å². The Morgan fingerprint density at radius 1 is 1.05 bits per heavy atom. The number of nitrogens with zero attached hydrogens (tertiary/aromatic N) is 4. The van der Waals surface area contributed by atoms with Crippen LogP contribution in [0, 0.1) is 0 Å². The number of halogens is 1. The fourth-order valence-electron chi connectivity index (χ4n) is 1.97. The van der Waals surface area contributed by atoms with Crippen molar-refractivity contribution in [3.63, 3.8) is 0 Å². The summed E-state index contributed by atoms with van der Waals surface area (Å²) in [5.74, 6) is 0.444. The molecule has 0 saturated carbocycles. The Labute approximate surface area is 126 Å². The summed E-state index contributed by atoms with van der Waals surface area (Å²) in [6, 6.07) is 16.2. The standard InChI is InChI=1S/C15H11ClN4O/c16-12-8-6-11(7-9-12)14(21)10-15-17-18-19-20(15)13-4-2-1-3-5-13/h1-9H,10H2. The second-order valence-electron chi connectivity index (χ2n) is 4.45. The molecule has 0 amide bonds. The number of carbonyl (C=O) groups is 1. The summed E-state index contributed by atoms with van der Waals surface area (Å²) in [4.78, 5) is 12.3. The molecule has 1 aromatic heterocycles. The minimum atomic E-state index is -0.0568. The van der Waals surface area contributed by atoms with Gasteiger partial charge in [-0.25, -0.2) is 0 Å². The van der Waals surface area contributed by atoms with Crippen molar-refractivity contribution in [1.82, 2.24) is 20.2 Å². The molecule has 5 nitrogen and oxygen atoms in total. The van der Waals surface area contributed by atoms with Crippen LogP contribution in [0.1, 0.15) is 16.2 Å². The minimum Gasteiger partial charge on any atom is -0.294 e. The van der Waals surface area contributed by atoms with E-state index in [1.54, 1.807) is 28.9 Å². The predicted octanol–water partition coefficient (Wildman–Crippen LogP) is 2.74. The Morgan fingerprint density at radius 3 is 2.48 bits per heavy atom.